The number of halogens is 1. The first-order chi connectivity index (χ1) is 10.6. The van der Waals surface area contributed by atoms with Crippen LogP contribution in [0.2, 0.25) is 5.02 Å². The highest BCUT2D eigenvalue weighted by molar-refractivity contribution is 6.33. The maximum absolute atomic E-state index is 12.1. The van der Waals surface area contributed by atoms with Gasteiger partial charge in [0.15, 0.2) is 0 Å². The van der Waals surface area contributed by atoms with Crippen LogP contribution in [0.3, 0.4) is 0 Å². The van der Waals surface area contributed by atoms with E-state index in [1.807, 2.05) is 48.5 Å². The van der Waals surface area contributed by atoms with Crippen LogP contribution in [0.1, 0.15) is 6.42 Å². The van der Waals surface area contributed by atoms with E-state index < -0.39 is 0 Å². The van der Waals surface area contributed by atoms with Crippen molar-refractivity contribution in [3.63, 3.8) is 0 Å². The first-order valence-electron chi connectivity index (χ1n) is 6.86. The van der Waals surface area contributed by atoms with Gasteiger partial charge in [0, 0.05) is 13.6 Å². The number of benzene rings is 2. The first-order valence-corrected chi connectivity index (χ1v) is 7.23. The topological polar surface area (TPSA) is 56.1 Å². The molecule has 0 aliphatic heterocycles. The van der Waals surface area contributed by atoms with E-state index in [1.54, 1.807) is 13.1 Å². The quantitative estimate of drug-likeness (QED) is 0.910. The average molecular weight is 314 g/mol. The van der Waals surface area contributed by atoms with Gasteiger partial charge in [-0.15, -0.1) is 0 Å². The number of nitrogens with one attached hydrogen (secondary N) is 1. The summed E-state index contributed by atoms with van der Waals surface area (Å²) in [5, 5.41) is 11.8. The molecule has 0 spiro atoms. The van der Waals surface area contributed by atoms with Crippen molar-refractivity contribution in [1.82, 2.24) is 4.90 Å². The highest BCUT2D eigenvalue weighted by atomic mass is 35.5. The maximum atomic E-state index is 12.1. The van der Waals surface area contributed by atoms with E-state index in [2.05, 4.69) is 5.32 Å². The van der Waals surface area contributed by atoms with E-state index in [0.29, 0.717) is 23.7 Å². The fourth-order valence-corrected chi connectivity index (χ4v) is 2.13. The molecule has 0 atom stereocenters. The SMILES string of the molecule is CN(CCC#N)C(=O)Nc1cc(-c2ccccc2)ccc1Cl. The fraction of sp³-hybridized carbons (Fsp3) is 0.176. The normalized spacial score (nSPS) is 9.86. The Morgan fingerprint density at radius 1 is 1.23 bits per heavy atom. The predicted molar refractivity (Wildman–Crippen MR) is 88.8 cm³/mol. The van der Waals surface area contributed by atoms with Crippen LogP contribution in [0.25, 0.3) is 11.1 Å². The first kappa shape index (κ1) is 15.9. The number of nitriles is 1. The molecule has 0 fully saturated rings. The lowest BCUT2D eigenvalue weighted by Crippen LogP contribution is -2.32. The van der Waals surface area contributed by atoms with Gasteiger partial charge in [0.25, 0.3) is 0 Å². The van der Waals surface area contributed by atoms with Gasteiger partial charge >= 0.3 is 6.03 Å². The molecule has 0 saturated heterocycles. The molecular formula is C17H16ClN3O. The summed E-state index contributed by atoms with van der Waals surface area (Å²) >= 11 is 6.15. The van der Waals surface area contributed by atoms with Crippen molar-refractivity contribution in [2.45, 2.75) is 6.42 Å². The number of rotatable bonds is 4. The van der Waals surface area contributed by atoms with Crippen LogP contribution >= 0.6 is 11.6 Å². The van der Waals surface area contributed by atoms with Crippen LogP contribution in [0.4, 0.5) is 10.5 Å². The molecule has 0 bridgehead atoms. The molecule has 1 N–H and O–H groups in total. The summed E-state index contributed by atoms with van der Waals surface area (Å²) in [5.74, 6) is 0. The number of carbonyl (C=O) groups excluding carboxylic acids is 1. The minimum atomic E-state index is -0.289. The Bertz CT molecular complexity index is 695. The summed E-state index contributed by atoms with van der Waals surface area (Å²) in [7, 11) is 1.64. The second-order valence-corrected chi connectivity index (χ2v) is 5.23. The van der Waals surface area contributed by atoms with Crippen molar-refractivity contribution < 1.29 is 4.79 Å². The smallest absolute Gasteiger partial charge is 0.321 e. The van der Waals surface area contributed by atoms with Crippen molar-refractivity contribution in [2.24, 2.45) is 0 Å². The van der Waals surface area contributed by atoms with Gasteiger partial charge < -0.3 is 10.2 Å². The molecule has 2 aromatic rings. The van der Waals surface area contributed by atoms with Gasteiger partial charge in [0.2, 0.25) is 0 Å². The molecular weight excluding hydrogens is 298 g/mol. The molecule has 4 nitrogen and oxygen atoms in total. The van der Waals surface area contributed by atoms with Crippen LogP contribution in [0, 0.1) is 11.3 Å². The molecule has 0 saturated carbocycles. The third kappa shape index (κ3) is 4.00. The highest BCUT2D eigenvalue weighted by Gasteiger charge is 2.11. The molecule has 0 aliphatic carbocycles. The van der Waals surface area contributed by atoms with Gasteiger partial charge in [0.1, 0.15) is 0 Å². The Hall–Kier alpha value is -2.51. The van der Waals surface area contributed by atoms with Crippen LogP contribution in [-0.4, -0.2) is 24.5 Å². The summed E-state index contributed by atoms with van der Waals surface area (Å²) in [6.07, 6.45) is 0.293. The third-order valence-corrected chi connectivity index (χ3v) is 3.55. The number of amides is 2. The van der Waals surface area contributed by atoms with E-state index >= 15 is 0 Å². The summed E-state index contributed by atoms with van der Waals surface area (Å²) < 4.78 is 0. The molecule has 22 heavy (non-hydrogen) atoms. The molecule has 0 heterocycles. The van der Waals surface area contributed by atoms with Gasteiger partial charge in [0.05, 0.1) is 23.2 Å². The van der Waals surface area contributed by atoms with Crippen molar-refractivity contribution in [1.29, 1.82) is 5.26 Å². The highest BCUT2D eigenvalue weighted by Crippen LogP contribution is 2.28. The minimum absolute atomic E-state index is 0.289. The third-order valence-electron chi connectivity index (χ3n) is 3.22. The van der Waals surface area contributed by atoms with Gasteiger partial charge in [-0.3, -0.25) is 0 Å². The number of carbonyl (C=O) groups is 1. The zero-order valence-electron chi connectivity index (χ0n) is 12.2. The largest absolute Gasteiger partial charge is 0.327 e. The number of hydrogen-bond acceptors (Lipinski definition) is 2. The van der Waals surface area contributed by atoms with E-state index in [0.717, 1.165) is 11.1 Å². The Morgan fingerprint density at radius 3 is 2.64 bits per heavy atom. The van der Waals surface area contributed by atoms with Crippen molar-refractivity contribution >= 4 is 23.3 Å². The molecule has 2 aromatic carbocycles. The Kier molecular flexibility index (Phi) is 5.40. The minimum Gasteiger partial charge on any atom is -0.327 e. The number of anilines is 1. The van der Waals surface area contributed by atoms with Crippen molar-refractivity contribution in [2.75, 3.05) is 18.9 Å². The Balaban J connectivity index is 2.18. The molecule has 2 amide bonds. The predicted octanol–water partition coefficient (Wildman–Crippen LogP) is 4.38. The lowest BCUT2D eigenvalue weighted by atomic mass is 10.1. The summed E-state index contributed by atoms with van der Waals surface area (Å²) in [4.78, 5) is 13.5. The van der Waals surface area contributed by atoms with Crippen LogP contribution in [0.15, 0.2) is 48.5 Å². The zero-order valence-corrected chi connectivity index (χ0v) is 13.0. The summed E-state index contributed by atoms with van der Waals surface area (Å²) in [6, 6.07) is 17.1. The average Bonchev–Trinajstić information content (AvgIpc) is 2.55. The second-order valence-electron chi connectivity index (χ2n) is 4.82. The zero-order chi connectivity index (χ0) is 15.9. The molecule has 0 unspecified atom stereocenters. The lowest BCUT2D eigenvalue weighted by molar-refractivity contribution is 0.223. The number of hydrogen-bond donors (Lipinski definition) is 1. The monoisotopic (exact) mass is 313 g/mol. The number of urea groups is 1. The maximum Gasteiger partial charge on any atom is 0.321 e. The molecule has 0 aliphatic rings. The van der Waals surface area contributed by atoms with E-state index in [4.69, 9.17) is 16.9 Å². The Labute approximate surface area is 134 Å². The second kappa shape index (κ2) is 7.48. The molecule has 112 valence electrons. The van der Waals surface area contributed by atoms with Crippen molar-refractivity contribution in [3.8, 4) is 17.2 Å². The standard InChI is InChI=1S/C17H16ClN3O/c1-21(11-5-10-19)17(22)20-16-12-14(8-9-15(16)18)13-6-3-2-4-7-13/h2-4,6-9,12H,5,11H2,1H3,(H,20,22). The van der Waals surface area contributed by atoms with Crippen molar-refractivity contribution in [3.05, 3.63) is 53.6 Å². The summed E-state index contributed by atoms with van der Waals surface area (Å²) in [5.41, 5.74) is 2.57. The van der Waals surface area contributed by atoms with Crippen LogP contribution in [0.5, 0.6) is 0 Å². The molecule has 0 radical (unpaired) electrons. The Morgan fingerprint density at radius 2 is 1.95 bits per heavy atom. The van der Waals surface area contributed by atoms with Gasteiger partial charge in [-0.2, -0.15) is 5.26 Å². The number of nitrogens with zero attached hydrogens (tertiary/aromatic N) is 2. The molecule has 0 aromatic heterocycles. The molecule has 2 rings (SSSR count). The molecule has 5 heteroatoms. The summed E-state index contributed by atoms with van der Waals surface area (Å²) in [6.45, 7) is 0.373. The van der Waals surface area contributed by atoms with Gasteiger partial charge in [-0.1, -0.05) is 48.0 Å². The van der Waals surface area contributed by atoms with E-state index in [9.17, 15) is 4.79 Å². The van der Waals surface area contributed by atoms with Crippen LogP contribution in [-0.2, 0) is 0 Å². The van der Waals surface area contributed by atoms with Gasteiger partial charge in [-0.25, -0.2) is 4.79 Å². The van der Waals surface area contributed by atoms with E-state index in [-0.39, 0.29) is 6.03 Å². The van der Waals surface area contributed by atoms with Crippen LogP contribution < -0.4 is 5.32 Å². The lowest BCUT2D eigenvalue weighted by Gasteiger charge is -2.17. The van der Waals surface area contributed by atoms with Gasteiger partial charge in [-0.05, 0) is 23.3 Å². The van der Waals surface area contributed by atoms with E-state index in [1.165, 1.54) is 4.90 Å². The fourth-order valence-electron chi connectivity index (χ4n) is 1.96.